The van der Waals surface area contributed by atoms with Crippen LogP contribution in [0.15, 0.2) is 18.2 Å². The van der Waals surface area contributed by atoms with Crippen molar-refractivity contribution < 1.29 is 9.85 Å². The molecule has 0 spiro atoms. The number of nitrogens with zero attached hydrogens (tertiary/aromatic N) is 2. The van der Waals surface area contributed by atoms with Crippen molar-refractivity contribution in [3.8, 4) is 0 Å². The maximum absolute atomic E-state index is 10.9. The van der Waals surface area contributed by atoms with E-state index in [1.165, 1.54) is 12.1 Å². The third-order valence-corrected chi connectivity index (χ3v) is 2.98. The monoisotopic (exact) mass is 278 g/mol. The molecule has 8 heteroatoms. The average molecular weight is 279 g/mol. The topological polar surface area (TPSA) is 86.3 Å². The standard InChI is InChI=1S/C9H8Cl2N2O4/c10-4-6(5-11)7-2-1-3-8(12(14)15)9(7)13(16)17/h1-3,6H,4-5H2. The lowest BCUT2D eigenvalue weighted by molar-refractivity contribution is -0.423. The van der Waals surface area contributed by atoms with Gasteiger partial charge >= 0.3 is 11.4 Å². The Kier molecular flexibility index (Phi) is 4.65. The second kappa shape index (κ2) is 5.79. The van der Waals surface area contributed by atoms with Crippen LogP contribution in [0.2, 0.25) is 0 Å². The van der Waals surface area contributed by atoms with E-state index >= 15 is 0 Å². The first kappa shape index (κ1) is 13.7. The molecule has 0 saturated carbocycles. The molecule has 0 fully saturated rings. The molecule has 1 aromatic rings. The van der Waals surface area contributed by atoms with Gasteiger partial charge in [-0.25, -0.2) is 0 Å². The lowest BCUT2D eigenvalue weighted by Gasteiger charge is -2.10. The summed E-state index contributed by atoms with van der Waals surface area (Å²) < 4.78 is 0. The van der Waals surface area contributed by atoms with Gasteiger partial charge in [0.25, 0.3) is 0 Å². The molecule has 0 saturated heterocycles. The van der Waals surface area contributed by atoms with Gasteiger partial charge in [0.15, 0.2) is 0 Å². The van der Waals surface area contributed by atoms with Gasteiger partial charge in [-0.05, 0) is 0 Å². The van der Waals surface area contributed by atoms with Gasteiger partial charge in [0.05, 0.1) is 9.85 Å². The van der Waals surface area contributed by atoms with Crippen molar-refractivity contribution in [2.24, 2.45) is 0 Å². The summed E-state index contributed by atoms with van der Waals surface area (Å²) in [6.07, 6.45) is 0. The van der Waals surface area contributed by atoms with Crippen molar-refractivity contribution in [3.63, 3.8) is 0 Å². The second-order valence-electron chi connectivity index (χ2n) is 3.23. The molecular formula is C9H8Cl2N2O4. The number of rotatable bonds is 5. The molecule has 92 valence electrons. The predicted molar refractivity (Wildman–Crippen MR) is 63.9 cm³/mol. The van der Waals surface area contributed by atoms with Crippen molar-refractivity contribution in [1.29, 1.82) is 0 Å². The van der Waals surface area contributed by atoms with Crippen molar-refractivity contribution in [2.45, 2.75) is 5.92 Å². The normalized spacial score (nSPS) is 10.5. The van der Waals surface area contributed by atoms with Crippen LogP contribution in [0.25, 0.3) is 0 Å². The van der Waals surface area contributed by atoms with Crippen LogP contribution >= 0.6 is 23.2 Å². The summed E-state index contributed by atoms with van der Waals surface area (Å²) in [5.41, 5.74) is -0.897. The van der Waals surface area contributed by atoms with E-state index in [-0.39, 0.29) is 17.3 Å². The zero-order valence-corrected chi connectivity index (χ0v) is 10.0. The molecule has 6 nitrogen and oxygen atoms in total. The summed E-state index contributed by atoms with van der Waals surface area (Å²) in [4.78, 5) is 20.0. The average Bonchev–Trinajstić information content (AvgIpc) is 2.30. The third kappa shape index (κ3) is 2.83. The highest BCUT2D eigenvalue weighted by Crippen LogP contribution is 2.35. The maximum Gasteiger partial charge on any atom is 0.349 e. The molecular weight excluding hydrogens is 271 g/mol. The summed E-state index contributed by atoms with van der Waals surface area (Å²) in [7, 11) is 0. The molecule has 0 amide bonds. The highest BCUT2D eigenvalue weighted by Gasteiger charge is 2.31. The van der Waals surface area contributed by atoms with Crippen LogP contribution in [-0.4, -0.2) is 21.6 Å². The SMILES string of the molecule is O=[N+]([O-])c1cccc(C(CCl)CCl)c1[N+](=O)[O-]. The Morgan fingerprint density at radius 1 is 1.12 bits per heavy atom. The van der Waals surface area contributed by atoms with Gasteiger partial charge in [0, 0.05) is 29.3 Å². The first-order valence-corrected chi connectivity index (χ1v) is 5.63. The molecule has 0 unspecified atom stereocenters. The highest BCUT2D eigenvalue weighted by atomic mass is 35.5. The smallest absolute Gasteiger partial charge is 0.258 e. The largest absolute Gasteiger partial charge is 0.349 e. The van der Waals surface area contributed by atoms with Gasteiger partial charge in [0.2, 0.25) is 0 Å². The molecule has 0 heterocycles. The third-order valence-electron chi connectivity index (χ3n) is 2.24. The number of alkyl halides is 2. The lowest BCUT2D eigenvalue weighted by Crippen LogP contribution is -2.08. The Bertz CT molecular complexity index is 449. The minimum atomic E-state index is -0.791. The fourth-order valence-corrected chi connectivity index (χ4v) is 2.09. The quantitative estimate of drug-likeness (QED) is 0.471. The Morgan fingerprint density at radius 3 is 2.12 bits per heavy atom. The Balaban J connectivity index is 3.44. The van der Waals surface area contributed by atoms with E-state index in [2.05, 4.69) is 0 Å². The van der Waals surface area contributed by atoms with Crippen molar-refractivity contribution in [1.82, 2.24) is 0 Å². The van der Waals surface area contributed by atoms with Gasteiger partial charge in [-0.1, -0.05) is 12.1 Å². The van der Waals surface area contributed by atoms with Crippen molar-refractivity contribution in [3.05, 3.63) is 44.0 Å². The van der Waals surface area contributed by atoms with E-state index in [0.717, 1.165) is 6.07 Å². The van der Waals surface area contributed by atoms with Crippen molar-refractivity contribution in [2.75, 3.05) is 11.8 Å². The molecule has 1 aromatic carbocycles. The van der Waals surface area contributed by atoms with Crippen LogP contribution in [0.3, 0.4) is 0 Å². The number of benzene rings is 1. The van der Waals surface area contributed by atoms with Crippen LogP contribution in [0, 0.1) is 20.2 Å². The van der Waals surface area contributed by atoms with E-state index in [0.29, 0.717) is 0 Å². The summed E-state index contributed by atoms with van der Waals surface area (Å²) in [6, 6.07) is 3.90. The van der Waals surface area contributed by atoms with Crippen LogP contribution in [0.1, 0.15) is 11.5 Å². The Labute approximate surface area is 106 Å². The summed E-state index contributed by atoms with van der Waals surface area (Å²) in [5.74, 6) is -0.365. The van der Waals surface area contributed by atoms with E-state index in [9.17, 15) is 20.2 Å². The molecule has 0 N–H and O–H groups in total. The maximum atomic E-state index is 10.9. The van der Waals surface area contributed by atoms with Gasteiger partial charge in [-0.3, -0.25) is 20.2 Å². The first-order valence-electron chi connectivity index (χ1n) is 4.56. The number of halogens is 2. The van der Waals surface area contributed by atoms with E-state index in [1.54, 1.807) is 0 Å². The lowest BCUT2D eigenvalue weighted by atomic mass is 10.00. The Hall–Kier alpha value is -1.40. The molecule has 17 heavy (non-hydrogen) atoms. The second-order valence-corrected chi connectivity index (χ2v) is 3.85. The summed E-state index contributed by atoms with van der Waals surface area (Å²) in [5, 5.41) is 21.6. The zero-order chi connectivity index (χ0) is 13.0. The molecule has 0 bridgehead atoms. The van der Waals surface area contributed by atoms with Gasteiger partial charge in [-0.2, -0.15) is 0 Å². The number of hydrogen-bond donors (Lipinski definition) is 0. The number of hydrogen-bond acceptors (Lipinski definition) is 4. The van der Waals surface area contributed by atoms with E-state index in [1.807, 2.05) is 0 Å². The highest BCUT2D eigenvalue weighted by molar-refractivity contribution is 6.21. The molecule has 0 aliphatic heterocycles. The van der Waals surface area contributed by atoms with Crippen LogP contribution in [-0.2, 0) is 0 Å². The number of nitro groups is 2. The number of nitro benzene ring substituents is 2. The van der Waals surface area contributed by atoms with E-state index in [4.69, 9.17) is 23.2 Å². The minimum Gasteiger partial charge on any atom is -0.258 e. The fourth-order valence-electron chi connectivity index (χ4n) is 1.43. The number of para-hydroxylation sites is 1. The van der Waals surface area contributed by atoms with E-state index < -0.39 is 27.1 Å². The van der Waals surface area contributed by atoms with Gasteiger partial charge < -0.3 is 0 Å². The molecule has 0 atom stereocenters. The summed E-state index contributed by atoms with van der Waals surface area (Å²) >= 11 is 11.3. The Morgan fingerprint density at radius 2 is 1.71 bits per heavy atom. The predicted octanol–water partition coefficient (Wildman–Crippen LogP) is 3.06. The van der Waals surface area contributed by atoms with Crippen LogP contribution in [0.4, 0.5) is 11.4 Å². The minimum absolute atomic E-state index is 0.0610. The van der Waals surface area contributed by atoms with Crippen LogP contribution < -0.4 is 0 Å². The molecule has 0 aliphatic carbocycles. The van der Waals surface area contributed by atoms with Gasteiger partial charge in [-0.15, -0.1) is 23.2 Å². The molecule has 0 aliphatic rings. The van der Waals surface area contributed by atoms with Crippen LogP contribution in [0.5, 0.6) is 0 Å². The summed E-state index contributed by atoms with van der Waals surface area (Å²) in [6.45, 7) is 0. The molecule has 1 rings (SSSR count). The first-order chi connectivity index (χ1) is 8.02. The fraction of sp³-hybridized carbons (Fsp3) is 0.333. The molecule has 0 radical (unpaired) electrons. The van der Waals surface area contributed by atoms with Gasteiger partial charge in [0.1, 0.15) is 0 Å². The molecule has 0 aromatic heterocycles. The zero-order valence-electron chi connectivity index (χ0n) is 8.51. The van der Waals surface area contributed by atoms with Crippen molar-refractivity contribution >= 4 is 34.6 Å².